The van der Waals surface area contributed by atoms with Crippen molar-refractivity contribution in [2.45, 2.75) is 4.84 Å². The fraction of sp³-hybridized carbons (Fsp3) is 0.333. The van der Waals surface area contributed by atoms with E-state index in [4.69, 9.17) is 23.2 Å². The average Bonchev–Trinajstić information content (AvgIpc) is 2.12. The van der Waals surface area contributed by atoms with E-state index in [1.807, 2.05) is 0 Å². The van der Waals surface area contributed by atoms with Crippen LogP contribution < -0.4 is 0 Å². The Kier molecular flexibility index (Phi) is 1.70. The van der Waals surface area contributed by atoms with Crippen molar-refractivity contribution < 1.29 is 4.42 Å². The molecule has 0 amide bonds. The molecule has 0 saturated heterocycles. The highest BCUT2D eigenvalue weighted by molar-refractivity contribution is 6.43. The lowest BCUT2D eigenvalue weighted by Gasteiger charge is -1.86. The molecule has 44 valence electrons. The Morgan fingerprint density at radius 1 is 1.62 bits per heavy atom. The van der Waals surface area contributed by atoms with E-state index in [0.29, 0.717) is 0 Å². The van der Waals surface area contributed by atoms with Gasteiger partial charge < -0.3 is 4.42 Å². The van der Waals surface area contributed by atoms with E-state index >= 15 is 0 Å². The Morgan fingerprint density at radius 3 is 2.62 bits per heavy atom. The highest BCUT2D eigenvalue weighted by atomic mass is 35.5. The van der Waals surface area contributed by atoms with E-state index < -0.39 is 4.84 Å². The van der Waals surface area contributed by atoms with Crippen molar-refractivity contribution in [3.8, 4) is 0 Å². The van der Waals surface area contributed by atoms with Gasteiger partial charge in [-0.05, 0) is 0 Å². The van der Waals surface area contributed by atoms with Gasteiger partial charge in [-0.25, -0.2) is 0 Å². The molecule has 0 bridgehead atoms. The molecule has 0 fully saturated rings. The Morgan fingerprint density at radius 2 is 2.38 bits per heavy atom. The summed E-state index contributed by atoms with van der Waals surface area (Å²) in [6.07, 6.45) is 1.17. The van der Waals surface area contributed by atoms with Crippen LogP contribution in [0.4, 0.5) is 0 Å². The third-order valence-electron chi connectivity index (χ3n) is 0.564. The number of alkyl halides is 2. The molecule has 0 aliphatic heterocycles. The van der Waals surface area contributed by atoms with Crippen LogP contribution in [-0.2, 0) is 0 Å². The Labute approximate surface area is 55.6 Å². The normalized spacial score (nSPS) is 10.4. The molecule has 0 spiro atoms. The first kappa shape index (κ1) is 5.85. The number of hydrogen-bond donors (Lipinski definition) is 0. The largest absolute Gasteiger partial charge is 0.425 e. The topological polar surface area (TPSA) is 38.9 Å². The van der Waals surface area contributed by atoms with Crippen molar-refractivity contribution in [2.75, 3.05) is 0 Å². The van der Waals surface area contributed by atoms with E-state index in [0.717, 1.165) is 0 Å². The van der Waals surface area contributed by atoms with Gasteiger partial charge in [0.25, 0.3) is 0 Å². The molecule has 0 aliphatic rings. The number of hydrogen-bond acceptors (Lipinski definition) is 3. The minimum atomic E-state index is -0.711. The molecular weight excluding hydrogens is 151 g/mol. The second kappa shape index (κ2) is 2.33. The zero-order valence-electron chi connectivity index (χ0n) is 3.71. The molecule has 8 heavy (non-hydrogen) atoms. The lowest BCUT2D eigenvalue weighted by atomic mass is 10.8. The third-order valence-corrected chi connectivity index (χ3v) is 0.937. The van der Waals surface area contributed by atoms with E-state index in [1.54, 1.807) is 0 Å². The van der Waals surface area contributed by atoms with Crippen molar-refractivity contribution in [3.05, 3.63) is 12.3 Å². The molecule has 1 rings (SSSR count). The van der Waals surface area contributed by atoms with Gasteiger partial charge in [0, 0.05) is 0 Å². The highest BCUT2D eigenvalue weighted by Gasteiger charge is 2.06. The van der Waals surface area contributed by atoms with Crippen molar-refractivity contribution in [1.82, 2.24) is 10.2 Å². The van der Waals surface area contributed by atoms with Gasteiger partial charge in [0.15, 0.2) is 4.84 Å². The summed E-state index contributed by atoms with van der Waals surface area (Å²) in [5, 5.41) is 6.79. The SMILES string of the molecule is ClC(Cl)c1nnco1. The Hall–Kier alpha value is -0.280. The van der Waals surface area contributed by atoms with Crippen LogP contribution in [-0.4, -0.2) is 10.2 Å². The molecule has 0 aromatic carbocycles. The Balaban J connectivity index is 2.77. The molecule has 5 heteroatoms. The summed E-state index contributed by atoms with van der Waals surface area (Å²) in [6.45, 7) is 0. The number of aromatic nitrogens is 2. The van der Waals surface area contributed by atoms with Gasteiger partial charge in [-0.15, -0.1) is 10.2 Å². The van der Waals surface area contributed by atoms with Crippen LogP contribution >= 0.6 is 23.2 Å². The van der Waals surface area contributed by atoms with Crippen LogP contribution in [0.5, 0.6) is 0 Å². The maximum atomic E-state index is 5.31. The second-order valence-corrected chi connectivity index (χ2v) is 2.17. The Bertz CT molecular complexity index is 150. The molecular formula is C3H2Cl2N2O. The smallest absolute Gasteiger partial charge is 0.248 e. The molecule has 1 aromatic rings. The van der Waals surface area contributed by atoms with Crippen molar-refractivity contribution in [2.24, 2.45) is 0 Å². The van der Waals surface area contributed by atoms with Gasteiger partial charge in [-0.3, -0.25) is 0 Å². The van der Waals surface area contributed by atoms with Gasteiger partial charge in [0.1, 0.15) is 0 Å². The lowest BCUT2D eigenvalue weighted by Crippen LogP contribution is -1.78. The monoisotopic (exact) mass is 152 g/mol. The fourth-order valence-electron chi connectivity index (χ4n) is 0.277. The molecule has 0 radical (unpaired) electrons. The third kappa shape index (κ3) is 1.11. The van der Waals surface area contributed by atoms with Gasteiger partial charge in [-0.1, -0.05) is 23.2 Å². The van der Waals surface area contributed by atoms with Crippen LogP contribution in [0.15, 0.2) is 10.8 Å². The first-order valence-corrected chi connectivity index (χ1v) is 2.72. The first-order chi connectivity index (χ1) is 3.80. The van der Waals surface area contributed by atoms with E-state index in [1.165, 1.54) is 6.39 Å². The minimum Gasteiger partial charge on any atom is -0.425 e. The van der Waals surface area contributed by atoms with Crippen LogP contribution in [0, 0.1) is 0 Å². The summed E-state index contributed by atoms with van der Waals surface area (Å²) in [6, 6.07) is 0. The predicted octanol–water partition coefficient (Wildman–Crippen LogP) is 1.55. The summed E-state index contributed by atoms with van der Waals surface area (Å²) in [5.74, 6) is 0.230. The van der Waals surface area contributed by atoms with Gasteiger partial charge in [0.2, 0.25) is 12.3 Å². The van der Waals surface area contributed by atoms with E-state index in [2.05, 4.69) is 14.6 Å². The van der Waals surface area contributed by atoms with Crippen molar-refractivity contribution >= 4 is 23.2 Å². The quantitative estimate of drug-likeness (QED) is 0.574. The summed E-state index contributed by atoms with van der Waals surface area (Å²) in [5.41, 5.74) is 0. The molecule has 0 saturated carbocycles. The van der Waals surface area contributed by atoms with Crippen LogP contribution in [0.1, 0.15) is 10.7 Å². The predicted molar refractivity (Wildman–Crippen MR) is 28.7 cm³/mol. The molecule has 3 nitrogen and oxygen atoms in total. The summed E-state index contributed by atoms with van der Waals surface area (Å²) < 4.78 is 4.61. The molecule has 0 unspecified atom stereocenters. The first-order valence-electron chi connectivity index (χ1n) is 1.85. The molecule has 1 aromatic heterocycles. The minimum absolute atomic E-state index is 0.230. The zero-order valence-corrected chi connectivity index (χ0v) is 5.23. The number of rotatable bonds is 1. The number of halogens is 2. The number of nitrogens with zero attached hydrogens (tertiary/aromatic N) is 2. The van der Waals surface area contributed by atoms with Gasteiger partial charge >= 0.3 is 0 Å². The van der Waals surface area contributed by atoms with E-state index in [-0.39, 0.29) is 5.89 Å². The van der Waals surface area contributed by atoms with Crippen LogP contribution in [0.3, 0.4) is 0 Å². The van der Waals surface area contributed by atoms with Crippen molar-refractivity contribution in [1.29, 1.82) is 0 Å². The lowest BCUT2D eigenvalue weighted by molar-refractivity contribution is 0.510. The summed E-state index contributed by atoms with van der Waals surface area (Å²) in [7, 11) is 0. The van der Waals surface area contributed by atoms with Crippen molar-refractivity contribution in [3.63, 3.8) is 0 Å². The summed E-state index contributed by atoms with van der Waals surface area (Å²) in [4.78, 5) is -0.711. The standard InChI is InChI=1S/C3H2Cl2N2O/c4-2(5)3-7-6-1-8-3/h1-2H. The molecule has 0 atom stereocenters. The zero-order chi connectivity index (χ0) is 5.98. The maximum Gasteiger partial charge on any atom is 0.248 e. The second-order valence-electron chi connectivity index (χ2n) is 1.08. The fourth-order valence-corrected chi connectivity index (χ4v) is 0.467. The summed E-state index contributed by atoms with van der Waals surface area (Å²) >= 11 is 10.6. The molecule has 0 aliphatic carbocycles. The van der Waals surface area contributed by atoms with Crippen LogP contribution in [0.2, 0.25) is 0 Å². The highest BCUT2D eigenvalue weighted by Crippen LogP contribution is 2.20. The molecule has 1 heterocycles. The average molecular weight is 153 g/mol. The van der Waals surface area contributed by atoms with E-state index in [9.17, 15) is 0 Å². The molecule has 0 N–H and O–H groups in total. The maximum absolute atomic E-state index is 5.31. The van der Waals surface area contributed by atoms with Gasteiger partial charge in [0.05, 0.1) is 0 Å². The van der Waals surface area contributed by atoms with Gasteiger partial charge in [-0.2, -0.15) is 0 Å². The van der Waals surface area contributed by atoms with Crippen LogP contribution in [0.25, 0.3) is 0 Å².